The van der Waals surface area contributed by atoms with E-state index in [0.717, 1.165) is 24.3 Å². The molecule has 1 unspecified atom stereocenters. The number of nitrogens with one attached hydrogen (secondary N) is 2. The van der Waals surface area contributed by atoms with E-state index in [4.69, 9.17) is 0 Å². The molecular formula is C14H20N2O. The van der Waals surface area contributed by atoms with Gasteiger partial charge in [0.05, 0.1) is 17.3 Å². The maximum Gasteiger partial charge on any atom is 0.229 e. The molecule has 2 N–H and O–H groups in total. The molecule has 0 saturated carbocycles. The summed E-state index contributed by atoms with van der Waals surface area (Å²) in [5, 5.41) is 6.37. The van der Waals surface area contributed by atoms with Crippen LogP contribution in [0.2, 0.25) is 0 Å². The fourth-order valence-electron chi connectivity index (χ4n) is 2.23. The number of carbonyl (C=O) groups excluding carboxylic acids is 1. The van der Waals surface area contributed by atoms with Crippen LogP contribution in [0, 0.1) is 18.8 Å². The van der Waals surface area contributed by atoms with Crippen LogP contribution in [0.4, 0.5) is 11.4 Å². The van der Waals surface area contributed by atoms with Gasteiger partial charge in [0.25, 0.3) is 0 Å². The Kier molecular flexibility index (Phi) is 3.36. The van der Waals surface area contributed by atoms with Crippen LogP contribution in [0.5, 0.6) is 0 Å². The number of rotatable bonds is 2. The zero-order valence-electron chi connectivity index (χ0n) is 10.7. The average molecular weight is 232 g/mol. The standard InChI is InChI=1S/C14H20N2O/c1-9(2)6-11-8-15-13-7-10(3)4-5-12(13)16-14(11)17/h4-5,7,9,11,15H,6,8H2,1-3H3,(H,16,17). The molecular weight excluding hydrogens is 212 g/mol. The van der Waals surface area contributed by atoms with Gasteiger partial charge in [-0.2, -0.15) is 0 Å². The molecule has 3 heteroatoms. The first kappa shape index (κ1) is 12.0. The zero-order valence-corrected chi connectivity index (χ0v) is 10.7. The molecule has 1 amide bonds. The van der Waals surface area contributed by atoms with Gasteiger partial charge in [-0.1, -0.05) is 19.9 Å². The van der Waals surface area contributed by atoms with Gasteiger partial charge in [-0.3, -0.25) is 4.79 Å². The Balaban J connectivity index is 2.19. The van der Waals surface area contributed by atoms with E-state index in [2.05, 4.69) is 37.5 Å². The molecule has 1 atom stereocenters. The highest BCUT2D eigenvalue weighted by atomic mass is 16.1. The first-order valence-corrected chi connectivity index (χ1v) is 6.21. The number of amides is 1. The highest BCUT2D eigenvalue weighted by molar-refractivity contribution is 5.97. The van der Waals surface area contributed by atoms with Gasteiger partial charge in [0, 0.05) is 6.54 Å². The van der Waals surface area contributed by atoms with Crippen LogP contribution in [-0.2, 0) is 4.79 Å². The molecule has 0 aliphatic carbocycles. The van der Waals surface area contributed by atoms with E-state index in [1.54, 1.807) is 0 Å². The monoisotopic (exact) mass is 232 g/mol. The van der Waals surface area contributed by atoms with Crippen molar-refractivity contribution < 1.29 is 4.79 Å². The number of hydrogen-bond donors (Lipinski definition) is 2. The molecule has 92 valence electrons. The van der Waals surface area contributed by atoms with Gasteiger partial charge in [0.2, 0.25) is 5.91 Å². The van der Waals surface area contributed by atoms with Crippen molar-refractivity contribution in [1.82, 2.24) is 0 Å². The minimum absolute atomic E-state index is 0.0581. The van der Waals surface area contributed by atoms with E-state index >= 15 is 0 Å². The SMILES string of the molecule is Cc1ccc2c(c1)NCC(CC(C)C)C(=O)N2. The molecule has 0 saturated heterocycles. The number of carbonyl (C=O) groups is 1. The topological polar surface area (TPSA) is 41.1 Å². The minimum atomic E-state index is 0.0581. The summed E-state index contributed by atoms with van der Waals surface area (Å²) in [7, 11) is 0. The molecule has 1 aliphatic heterocycles. The third-order valence-corrected chi connectivity index (χ3v) is 3.10. The number of aryl methyl sites for hydroxylation is 1. The number of benzene rings is 1. The molecule has 0 aromatic heterocycles. The van der Waals surface area contributed by atoms with Crippen molar-refractivity contribution in [1.29, 1.82) is 0 Å². The normalized spacial score (nSPS) is 19.3. The first-order valence-electron chi connectivity index (χ1n) is 6.21. The lowest BCUT2D eigenvalue weighted by atomic mass is 9.96. The second-order valence-electron chi connectivity index (χ2n) is 5.25. The Bertz CT molecular complexity index is 426. The van der Waals surface area contributed by atoms with Crippen LogP contribution < -0.4 is 10.6 Å². The van der Waals surface area contributed by atoms with E-state index in [0.29, 0.717) is 5.92 Å². The highest BCUT2D eigenvalue weighted by Gasteiger charge is 2.23. The Morgan fingerprint density at radius 1 is 1.35 bits per heavy atom. The van der Waals surface area contributed by atoms with Gasteiger partial charge in [-0.05, 0) is 37.0 Å². The van der Waals surface area contributed by atoms with Crippen LogP contribution >= 0.6 is 0 Å². The number of hydrogen-bond acceptors (Lipinski definition) is 2. The molecule has 1 aliphatic rings. The Labute approximate surface area is 103 Å². The van der Waals surface area contributed by atoms with E-state index in [9.17, 15) is 4.79 Å². The van der Waals surface area contributed by atoms with Crippen molar-refractivity contribution in [2.75, 3.05) is 17.2 Å². The number of anilines is 2. The number of fused-ring (bicyclic) bond motifs is 1. The van der Waals surface area contributed by atoms with Crippen LogP contribution in [0.15, 0.2) is 18.2 Å². The van der Waals surface area contributed by atoms with Crippen LogP contribution in [0.3, 0.4) is 0 Å². The van der Waals surface area contributed by atoms with Gasteiger partial charge in [0.15, 0.2) is 0 Å². The lowest BCUT2D eigenvalue weighted by molar-refractivity contribution is -0.119. The van der Waals surface area contributed by atoms with Gasteiger partial charge in [-0.15, -0.1) is 0 Å². The Hall–Kier alpha value is -1.51. The molecule has 17 heavy (non-hydrogen) atoms. The second-order valence-corrected chi connectivity index (χ2v) is 5.25. The van der Waals surface area contributed by atoms with Crippen molar-refractivity contribution >= 4 is 17.3 Å². The van der Waals surface area contributed by atoms with Crippen LogP contribution in [-0.4, -0.2) is 12.5 Å². The quantitative estimate of drug-likeness (QED) is 0.823. The van der Waals surface area contributed by atoms with E-state index < -0.39 is 0 Å². The summed E-state index contributed by atoms with van der Waals surface area (Å²) < 4.78 is 0. The van der Waals surface area contributed by atoms with E-state index in [1.807, 2.05) is 12.1 Å². The van der Waals surface area contributed by atoms with Crippen molar-refractivity contribution in [3.63, 3.8) is 0 Å². The van der Waals surface area contributed by atoms with Gasteiger partial charge < -0.3 is 10.6 Å². The molecule has 1 aromatic rings. The Morgan fingerprint density at radius 3 is 2.82 bits per heavy atom. The molecule has 1 heterocycles. The summed E-state index contributed by atoms with van der Waals surface area (Å²) in [6.45, 7) is 7.08. The van der Waals surface area contributed by atoms with Crippen LogP contribution in [0.1, 0.15) is 25.8 Å². The zero-order chi connectivity index (χ0) is 12.4. The van der Waals surface area contributed by atoms with E-state index in [1.165, 1.54) is 5.56 Å². The van der Waals surface area contributed by atoms with Crippen molar-refractivity contribution in [2.24, 2.45) is 11.8 Å². The Morgan fingerprint density at radius 2 is 2.12 bits per heavy atom. The smallest absolute Gasteiger partial charge is 0.229 e. The van der Waals surface area contributed by atoms with Gasteiger partial charge in [-0.25, -0.2) is 0 Å². The summed E-state index contributed by atoms with van der Waals surface area (Å²) in [5.74, 6) is 0.729. The summed E-state index contributed by atoms with van der Waals surface area (Å²) >= 11 is 0. The minimum Gasteiger partial charge on any atom is -0.383 e. The van der Waals surface area contributed by atoms with Gasteiger partial charge >= 0.3 is 0 Å². The fourth-order valence-corrected chi connectivity index (χ4v) is 2.23. The fraction of sp³-hybridized carbons (Fsp3) is 0.500. The largest absolute Gasteiger partial charge is 0.383 e. The molecule has 0 radical (unpaired) electrons. The van der Waals surface area contributed by atoms with Crippen LogP contribution in [0.25, 0.3) is 0 Å². The highest BCUT2D eigenvalue weighted by Crippen LogP contribution is 2.28. The average Bonchev–Trinajstić information content (AvgIpc) is 2.39. The molecule has 1 aromatic carbocycles. The predicted octanol–water partition coefficient (Wildman–Crippen LogP) is 3.02. The van der Waals surface area contributed by atoms with Crippen molar-refractivity contribution in [3.05, 3.63) is 23.8 Å². The predicted molar refractivity (Wildman–Crippen MR) is 71.2 cm³/mol. The molecule has 2 rings (SSSR count). The second kappa shape index (κ2) is 4.78. The summed E-state index contributed by atoms with van der Waals surface area (Å²) in [6, 6.07) is 6.06. The maximum absolute atomic E-state index is 12.0. The summed E-state index contributed by atoms with van der Waals surface area (Å²) in [4.78, 5) is 12.0. The first-order chi connectivity index (χ1) is 8.06. The lowest BCUT2D eigenvalue weighted by Gasteiger charge is -2.15. The summed E-state index contributed by atoms with van der Waals surface area (Å²) in [5.41, 5.74) is 3.13. The molecule has 0 bridgehead atoms. The third kappa shape index (κ3) is 2.78. The van der Waals surface area contributed by atoms with E-state index in [-0.39, 0.29) is 11.8 Å². The van der Waals surface area contributed by atoms with Crippen molar-refractivity contribution in [3.8, 4) is 0 Å². The summed E-state index contributed by atoms with van der Waals surface area (Å²) in [6.07, 6.45) is 0.922. The molecule has 0 spiro atoms. The van der Waals surface area contributed by atoms with Gasteiger partial charge in [0.1, 0.15) is 0 Å². The lowest BCUT2D eigenvalue weighted by Crippen LogP contribution is -2.27. The maximum atomic E-state index is 12.0. The third-order valence-electron chi connectivity index (χ3n) is 3.10. The molecule has 3 nitrogen and oxygen atoms in total. The van der Waals surface area contributed by atoms with Crippen molar-refractivity contribution in [2.45, 2.75) is 27.2 Å². The molecule has 0 fully saturated rings.